The first-order chi connectivity index (χ1) is 9.70. The van der Waals surface area contributed by atoms with Crippen LogP contribution in [0.1, 0.15) is 39.0 Å². The molecular weight excluding hydrogens is 254 g/mol. The number of piperazine rings is 1. The number of carbonyl (C=O) groups is 1. The normalized spacial score (nSPS) is 25.9. The molecule has 1 amide bonds. The zero-order valence-corrected chi connectivity index (χ0v) is 12.7. The van der Waals surface area contributed by atoms with Gasteiger partial charge in [0, 0.05) is 39.3 Å². The molecule has 0 spiro atoms. The Morgan fingerprint density at radius 1 is 1.35 bits per heavy atom. The highest BCUT2D eigenvalue weighted by atomic mass is 16.5. The quantitative estimate of drug-likeness (QED) is 0.784. The van der Waals surface area contributed by atoms with Crippen LogP contribution in [0, 0.1) is 0 Å². The van der Waals surface area contributed by atoms with E-state index in [4.69, 9.17) is 10.5 Å². The van der Waals surface area contributed by atoms with E-state index < -0.39 is 0 Å². The monoisotopic (exact) mass is 283 g/mol. The molecule has 0 aromatic heterocycles. The van der Waals surface area contributed by atoms with Crippen LogP contribution in [0.15, 0.2) is 0 Å². The molecule has 0 radical (unpaired) electrons. The van der Waals surface area contributed by atoms with Crippen LogP contribution in [0.2, 0.25) is 0 Å². The van der Waals surface area contributed by atoms with Crippen LogP contribution in [-0.4, -0.2) is 67.2 Å². The first-order valence-corrected chi connectivity index (χ1v) is 8.09. The zero-order chi connectivity index (χ0) is 14.4. The van der Waals surface area contributed by atoms with Crippen molar-refractivity contribution in [2.24, 2.45) is 5.73 Å². The van der Waals surface area contributed by atoms with Gasteiger partial charge in [-0.2, -0.15) is 0 Å². The summed E-state index contributed by atoms with van der Waals surface area (Å²) in [6.07, 6.45) is 5.72. The Labute approximate surface area is 122 Å². The minimum Gasteiger partial charge on any atom is -0.377 e. The number of amides is 1. The maximum Gasteiger partial charge on any atom is 0.239 e. The Bertz CT molecular complexity index is 297. The predicted molar refractivity (Wildman–Crippen MR) is 79.5 cm³/mol. The van der Waals surface area contributed by atoms with E-state index >= 15 is 0 Å². The van der Waals surface area contributed by atoms with Gasteiger partial charge in [-0.15, -0.1) is 0 Å². The lowest BCUT2D eigenvalue weighted by Gasteiger charge is -2.36. The van der Waals surface area contributed by atoms with Crippen LogP contribution >= 0.6 is 0 Å². The van der Waals surface area contributed by atoms with Crippen molar-refractivity contribution >= 4 is 5.91 Å². The summed E-state index contributed by atoms with van der Waals surface area (Å²) in [7, 11) is 0. The second kappa shape index (κ2) is 7.96. The van der Waals surface area contributed by atoms with Crippen molar-refractivity contribution in [3.63, 3.8) is 0 Å². The van der Waals surface area contributed by atoms with Crippen LogP contribution in [0.4, 0.5) is 0 Å². The van der Waals surface area contributed by atoms with Crippen LogP contribution in [0.25, 0.3) is 0 Å². The van der Waals surface area contributed by atoms with Gasteiger partial charge in [-0.05, 0) is 19.3 Å². The molecule has 116 valence electrons. The van der Waals surface area contributed by atoms with Gasteiger partial charge in [0.15, 0.2) is 0 Å². The lowest BCUT2D eigenvalue weighted by atomic mass is 10.1. The first-order valence-electron chi connectivity index (χ1n) is 8.09. The largest absolute Gasteiger partial charge is 0.377 e. The fourth-order valence-electron chi connectivity index (χ4n) is 3.01. The standard InChI is InChI=1S/C15H29N3O2/c1-2-3-6-14(16)15(19)18-9-7-17(8-10-18)12-13-5-4-11-20-13/h13-14H,2-12,16H2,1H3. The highest BCUT2D eigenvalue weighted by molar-refractivity contribution is 5.81. The molecule has 0 aliphatic carbocycles. The molecule has 0 aromatic rings. The lowest BCUT2D eigenvalue weighted by molar-refractivity contribution is -0.134. The molecule has 0 saturated carbocycles. The van der Waals surface area contributed by atoms with Gasteiger partial charge in [-0.1, -0.05) is 19.8 Å². The van der Waals surface area contributed by atoms with E-state index in [1.165, 1.54) is 12.8 Å². The average molecular weight is 283 g/mol. The summed E-state index contributed by atoms with van der Waals surface area (Å²) < 4.78 is 5.67. The number of unbranched alkanes of at least 4 members (excludes halogenated alkanes) is 1. The fourth-order valence-corrected chi connectivity index (χ4v) is 3.01. The summed E-state index contributed by atoms with van der Waals surface area (Å²) in [4.78, 5) is 16.6. The van der Waals surface area contributed by atoms with E-state index in [0.717, 1.165) is 58.6 Å². The molecule has 5 heteroatoms. The van der Waals surface area contributed by atoms with Crippen LogP contribution in [0.5, 0.6) is 0 Å². The second-order valence-electron chi connectivity index (χ2n) is 6.01. The van der Waals surface area contributed by atoms with Crippen molar-refractivity contribution in [1.29, 1.82) is 0 Å². The summed E-state index contributed by atoms with van der Waals surface area (Å²) in [5.41, 5.74) is 5.98. The lowest BCUT2D eigenvalue weighted by Crippen LogP contribution is -2.54. The van der Waals surface area contributed by atoms with Crippen molar-refractivity contribution in [3.8, 4) is 0 Å². The molecule has 2 aliphatic heterocycles. The molecule has 0 aromatic carbocycles. The summed E-state index contributed by atoms with van der Waals surface area (Å²) in [5, 5.41) is 0. The highest BCUT2D eigenvalue weighted by Crippen LogP contribution is 2.15. The van der Waals surface area contributed by atoms with E-state index in [2.05, 4.69) is 11.8 Å². The van der Waals surface area contributed by atoms with Crippen molar-refractivity contribution in [2.75, 3.05) is 39.3 Å². The van der Waals surface area contributed by atoms with Crippen molar-refractivity contribution in [3.05, 3.63) is 0 Å². The predicted octanol–water partition coefficient (Wildman–Crippen LogP) is 0.827. The van der Waals surface area contributed by atoms with Crippen LogP contribution in [0.3, 0.4) is 0 Å². The maximum atomic E-state index is 12.2. The van der Waals surface area contributed by atoms with Gasteiger partial charge in [0.2, 0.25) is 5.91 Å². The third kappa shape index (κ3) is 4.43. The Balaban J connectivity index is 1.68. The van der Waals surface area contributed by atoms with Gasteiger partial charge in [-0.25, -0.2) is 0 Å². The van der Waals surface area contributed by atoms with Crippen molar-refractivity contribution < 1.29 is 9.53 Å². The third-order valence-electron chi connectivity index (χ3n) is 4.36. The number of carbonyl (C=O) groups excluding carboxylic acids is 1. The van der Waals surface area contributed by atoms with E-state index in [1.54, 1.807) is 0 Å². The molecule has 2 unspecified atom stereocenters. The number of hydrogen-bond acceptors (Lipinski definition) is 4. The molecule has 2 N–H and O–H groups in total. The minimum absolute atomic E-state index is 0.134. The van der Waals surface area contributed by atoms with Crippen LogP contribution in [-0.2, 0) is 9.53 Å². The topological polar surface area (TPSA) is 58.8 Å². The van der Waals surface area contributed by atoms with E-state index in [-0.39, 0.29) is 11.9 Å². The maximum absolute atomic E-state index is 12.2. The fraction of sp³-hybridized carbons (Fsp3) is 0.933. The first kappa shape index (κ1) is 15.7. The summed E-state index contributed by atoms with van der Waals surface area (Å²) in [6.45, 7) is 7.58. The third-order valence-corrected chi connectivity index (χ3v) is 4.36. The molecule has 0 bridgehead atoms. The number of ether oxygens (including phenoxy) is 1. The van der Waals surface area contributed by atoms with E-state index in [0.29, 0.717) is 6.10 Å². The summed E-state index contributed by atoms with van der Waals surface area (Å²) in [6, 6.07) is -0.306. The van der Waals surface area contributed by atoms with E-state index in [1.807, 2.05) is 4.90 Å². The SMILES string of the molecule is CCCCC(N)C(=O)N1CCN(CC2CCCO2)CC1. The Hall–Kier alpha value is -0.650. The zero-order valence-electron chi connectivity index (χ0n) is 12.7. The molecular formula is C15H29N3O2. The minimum atomic E-state index is -0.306. The number of rotatable bonds is 6. The van der Waals surface area contributed by atoms with Gasteiger partial charge in [-0.3, -0.25) is 9.69 Å². The molecule has 2 atom stereocenters. The molecule has 2 fully saturated rings. The molecule has 2 rings (SSSR count). The van der Waals surface area contributed by atoms with Crippen LogP contribution < -0.4 is 5.73 Å². The Morgan fingerprint density at radius 3 is 2.70 bits per heavy atom. The number of hydrogen-bond donors (Lipinski definition) is 1. The molecule has 2 heterocycles. The van der Waals surface area contributed by atoms with Gasteiger partial charge >= 0.3 is 0 Å². The van der Waals surface area contributed by atoms with Crippen molar-refractivity contribution in [2.45, 2.75) is 51.2 Å². The average Bonchev–Trinajstić information content (AvgIpc) is 2.97. The van der Waals surface area contributed by atoms with Crippen molar-refractivity contribution in [1.82, 2.24) is 9.80 Å². The summed E-state index contributed by atoms with van der Waals surface area (Å²) in [5.74, 6) is 0.134. The smallest absolute Gasteiger partial charge is 0.239 e. The Kier molecular flexibility index (Phi) is 6.26. The van der Waals surface area contributed by atoms with Gasteiger partial charge in [0.25, 0.3) is 0 Å². The van der Waals surface area contributed by atoms with E-state index in [9.17, 15) is 4.79 Å². The molecule has 5 nitrogen and oxygen atoms in total. The van der Waals surface area contributed by atoms with Gasteiger partial charge in [0.1, 0.15) is 0 Å². The molecule has 2 saturated heterocycles. The highest BCUT2D eigenvalue weighted by Gasteiger charge is 2.26. The Morgan fingerprint density at radius 2 is 2.10 bits per heavy atom. The summed E-state index contributed by atoms with van der Waals surface area (Å²) >= 11 is 0. The second-order valence-corrected chi connectivity index (χ2v) is 6.01. The van der Waals surface area contributed by atoms with Gasteiger partial charge < -0.3 is 15.4 Å². The number of nitrogens with two attached hydrogens (primary N) is 1. The number of nitrogens with zero attached hydrogens (tertiary/aromatic N) is 2. The molecule has 20 heavy (non-hydrogen) atoms. The molecule has 2 aliphatic rings. The van der Waals surface area contributed by atoms with Gasteiger partial charge in [0.05, 0.1) is 12.1 Å².